The molecule has 1 aromatic rings. The summed E-state index contributed by atoms with van der Waals surface area (Å²) in [5.74, 6) is 0.120. The van der Waals surface area contributed by atoms with Gasteiger partial charge in [0, 0.05) is 26.1 Å². The first-order valence-corrected chi connectivity index (χ1v) is 7.14. The van der Waals surface area contributed by atoms with Crippen LogP contribution in [0.2, 0.25) is 0 Å². The number of benzene rings is 1. The zero-order chi connectivity index (χ0) is 15.0. The van der Waals surface area contributed by atoms with Crippen LogP contribution >= 0.6 is 12.2 Å². The van der Waals surface area contributed by atoms with Crippen LogP contribution in [0.1, 0.15) is 12.0 Å². The van der Waals surface area contributed by atoms with Gasteiger partial charge in [0.15, 0.2) is 0 Å². The van der Waals surface area contributed by atoms with Crippen molar-refractivity contribution < 1.29 is 4.79 Å². The van der Waals surface area contributed by atoms with Crippen molar-refractivity contribution in [1.82, 2.24) is 9.80 Å². The van der Waals surface area contributed by atoms with Crippen molar-refractivity contribution in [2.75, 3.05) is 33.7 Å². The molecule has 0 radical (unpaired) electrons. The number of nitrogens with zero attached hydrogens (tertiary/aromatic N) is 2. The van der Waals surface area contributed by atoms with E-state index >= 15 is 0 Å². The number of rotatable bonds is 8. The molecule has 2 N–H and O–H groups in total. The van der Waals surface area contributed by atoms with Gasteiger partial charge in [-0.2, -0.15) is 0 Å². The summed E-state index contributed by atoms with van der Waals surface area (Å²) in [6.45, 7) is 2.12. The van der Waals surface area contributed by atoms with E-state index in [1.165, 1.54) is 0 Å². The number of likely N-dealkylation sites (N-methyl/N-ethyl adjacent to an activating group) is 1. The second kappa shape index (κ2) is 8.66. The van der Waals surface area contributed by atoms with Crippen LogP contribution in [-0.4, -0.2) is 54.4 Å². The molecule has 1 aromatic carbocycles. The first-order valence-electron chi connectivity index (χ1n) is 6.73. The van der Waals surface area contributed by atoms with Crippen molar-refractivity contribution in [3.05, 3.63) is 35.9 Å². The molecule has 20 heavy (non-hydrogen) atoms. The topological polar surface area (TPSA) is 49.6 Å². The SMILES string of the molecule is CN(C)CCN(CCC(N)=S)C(=O)Cc1ccccc1. The van der Waals surface area contributed by atoms with Crippen LogP contribution in [0.4, 0.5) is 0 Å². The van der Waals surface area contributed by atoms with E-state index < -0.39 is 0 Å². The number of amides is 1. The lowest BCUT2D eigenvalue weighted by Crippen LogP contribution is -2.39. The maximum absolute atomic E-state index is 12.4. The Morgan fingerprint density at radius 1 is 1.15 bits per heavy atom. The third-order valence-corrected chi connectivity index (χ3v) is 3.20. The monoisotopic (exact) mass is 293 g/mol. The highest BCUT2D eigenvalue weighted by Crippen LogP contribution is 2.04. The van der Waals surface area contributed by atoms with Crippen LogP contribution in [-0.2, 0) is 11.2 Å². The van der Waals surface area contributed by atoms with Gasteiger partial charge >= 0.3 is 0 Å². The summed E-state index contributed by atoms with van der Waals surface area (Å²) in [5.41, 5.74) is 6.56. The van der Waals surface area contributed by atoms with Crippen LogP contribution in [0.5, 0.6) is 0 Å². The molecule has 0 aliphatic carbocycles. The summed E-state index contributed by atoms with van der Waals surface area (Å²) in [6, 6.07) is 9.78. The molecule has 110 valence electrons. The third-order valence-electron chi connectivity index (χ3n) is 3.00. The molecule has 0 unspecified atom stereocenters. The van der Waals surface area contributed by atoms with Crippen molar-refractivity contribution in [2.24, 2.45) is 5.73 Å². The minimum Gasteiger partial charge on any atom is -0.393 e. The Morgan fingerprint density at radius 3 is 2.35 bits per heavy atom. The van der Waals surface area contributed by atoms with Gasteiger partial charge in [0.2, 0.25) is 5.91 Å². The predicted molar refractivity (Wildman–Crippen MR) is 86.7 cm³/mol. The highest BCUT2D eigenvalue weighted by Gasteiger charge is 2.14. The first kappa shape index (κ1) is 16.6. The van der Waals surface area contributed by atoms with Gasteiger partial charge in [0.25, 0.3) is 0 Å². The van der Waals surface area contributed by atoms with Crippen molar-refractivity contribution in [2.45, 2.75) is 12.8 Å². The third kappa shape index (κ3) is 6.63. The number of nitrogens with two attached hydrogens (primary N) is 1. The van der Waals surface area contributed by atoms with Gasteiger partial charge in [0.05, 0.1) is 11.4 Å². The van der Waals surface area contributed by atoms with Crippen LogP contribution in [0.3, 0.4) is 0 Å². The van der Waals surface area contributed by atoms with Crippen molar-refractivity contribution in [1.29, 1.82) is 0 Å². The molecule has 0 spiro atoms. The molecule has 0 bridgehead atoms. The Kier molecular flexibility index (Phi) is 7.18. The molecule has 1 rings (SSSR count). The van der Waals surface area contributed by atoms with Gasteiger partial charge in [-0.1, -0.05) is 42.5 Å². The summed E-state index contributed by atoms with van der Waals surface area (Å²) in [4.78, 5) is 16.7. The van der Waals surface area contributed by atoms with Gasteiger partial charge in [-0.15, -0.1) is 0 Å². The van der Waals surface area contributed by atoms with Crippen LogP contribution in [0.25, 0.3) is 0 Å². The van der Waals surface area contributed by atoms with Crippen LogP contribution in [0.15, 0.2) is 30.3 Å². The Bertz CT molecular complexity index is 434. The van der Waals surface area contributed by atoms with Gasteiger partial charge in [0.1, 0.15) is 0 Å². The summed E-state index contributed by atoms with van der Waals surface area (Å²) in [5, 5.41) is 0. The molecule has 0 fully saturated rings. The van der Waals surface area contributed by atoms with Gasteiger partial charge in [-0.3, -0.25) is 4.79 Å². The van der Waals surface area contributed by atoms with E-state index in [0.717, 1.165) is 12.1 Å². The molecular weight excluding hydrogens is 270 g/mol. The quantitative estimate of drug-likeness (QED) is 0.734. The fourth-order valence-electron chi connectivity index (χ4n) is 1.81. The predicted octanol–water partition coefficient (Wildman–Crippen LogP) is 1.30. The van der Waals surface area contributed by atoms with E-state index in [2.05, 4.69) is 4.90 Å². The van der Waals surface area contributed by atoms with Crippen LogP contribution < -0.4 is 5.73 Å². The molecule has 0 saturated carbocycles. The second-order valence-electron chi connectivity index (χ2n) is 5.06. The number of hydrogen-bond donors (Lipinski definition) is 1. The smallest absolute Gasteiger partial charge is 0.227 e. The molecule has 0 atom stereocenters. The molecule has 0 saturated heterocycles. The fraction of sp³-hybridized carbons (Fsp3) is 0.467. The van der Waals surface area contributed by atoms with Crippen molar-refractivity contribution in [3.8, 4) is 0 Å². The minimum absolute atomic E-state index is 0.120. The Labute approximate surface area is 126 Å². The minimum atomic E-state index is 0.120. The summed E-state index contributed by atoms with van der Waals surface area (Å²) >= 11 is 4.90. The maximum atomic E-state index is 12.4. The Balaban J connectivity index is 2.60. The zero-order valence-electron chi connectivity index (χ0n) is 12.2. The molecule has 0 aliphatic heterocycles. The normalized spacial score (nSPS) is 10.6. The average Bonchev–Trinajstić information content (AvgIpc) is 2.39. The summed E-state index contributed by atoms with van der Waals surface area (Å²) < 4.78 is 0. The lowest BCUT2D eigenvalue weighted by molar-refractivity contribution is -0.130. The zero-order valence-corrected chi connectivity index (χ0v) is 13.0. The molecule has 0 aliphatic rings. The van der Waals surface area contributed by atoms with Crippen LogP contribution in [0, 0.1) is 0 Å². The van der Waals surface area contributed by atoms with E-state index in [1.807, 2.05) is 49.3 Å². The number of hydrogen-bond acceptors (Lipinski definition) is 3. The highest BCUT2D eigenvalue weighted by molar-refractivity contribution is 7.80. The van der Waals surface area contributed by atoms with Crippen molar-refractivity contribution in [3.63, 3.8) is 0 Å². The van der Waals surface area contributed by atoms with Crippen molar-refractivity contribution >= 4 is 23.1 Å². The maximum Gasteiger partial charge on any atom is 0.227 e. The summed E-state index contributed by atoms with van der Waals surface area (Å²) in [7, 11) is 3.99. The number of carbonyl (C=O) groups excluding carboxylic acids is 1. The lowest BCUT2D eigenvalue weighted by atomic mass is 10.1. The first-order chi connectivity index (χ1) is 9.49. The largest absolute Gasteiger partial charge is 0.393 e. The van der Waals surface area contributed by atoms with Gasteiger partial charge in [-0.25, -0.2) is 0 Å². The standard InChI is InChI=1S/C15H23N3OS/c1-17(2)10-11-18(9-8-14(16)20)15(19)12-13-6-4-3-5-7-13/h3-7H,8-12H2,1-2H3,(H2,16,20). The van der Waals surface area contributed by atoms with E-state index in [1.54, 1.807) is 0 Å². The molecule has 0 heterocycles. The molecule has 0 aromatic heterocycles. The average molecular weight is 293 g/mol. The summed E-state index contributed by atoms with van der Waals surface area (Å²) in [6.07, 6.45) is 0.995. The molecule has 5 heteroatoms. The van der Waals surface area contributed by atoms with E-state index in [-0.39, 0.29) is 5.91 Å². The molecule has 1 amide bonds. The van der Waals surface area contributed by atoms with Gasteiger partial charge < -0.3 is 15.5 Å². The number of carbonyl (C=O) groups is 1. The van der Waals surface area contributed by atoms with E-state index in [4.69, 9.17) is 18.0 Å². The Morgan fingerprint density at radius 2 is 1.80 bits per heavy atom. The molecular formula is C15H23N3OS. The second-order valence-corrected chi connectivity index (χ2v) is 5.59. The molecule has 4 nitrogen and oxygen atoms in total. The van der Waals surface area contributed by atoms with E-state index in [9.17, 15) is 4.79 Å². The van der Waals surface area contributed by atoms with Gasteiger partial charge in [-0.05, 0) is 19.7 Å². The number of thiocarbonyl (C=S) groups is 1. The van der Waals surface area contributed by atoms with E-state index in [0.29, 0.717) is 30.9 Å². The highest BCUT2D eigenvalue weighted by atomic mass is 32.1. The Hall–Kier alpha value is -1.46. The lowest BCUT2D eigenvalue weighted by Gasteiger charge is -2.24. The fourth-order valence-corrected chi connectivity index (χ4v) is 1.90.